The van der Waals surface area contributed by atoms with Gasteiger partial charge < -0.3 is 15.6 Å². The van der Waals surface area contributed by atoms with Gasteiger partial charge in [0.1, 0.15) is 11.5 Å². The topological polar surface area (TPSA) is 74.0 Å². The van der Waals surface area contributed by atoms with Crippen molar-refractivity contribution in [2.75, 3.05) is 6.54 Å². The molecule has 3 N–H and O–H groups in total. The fraction of sp³-hybridized carbons (Fsp3) is 0.250. The van der Waals surface area contributed by atoms with Crippen LogP contribution in [0.3, 0.4) is 0 Å². The van der Waals surface area contributed by atoms with Crippen LogP contribution < -0.4 is 10.6 Å². The molecule has 0 saturated heterocycles. The molecule has 1 aliphatic heterocycles. The van der Waals surface area contributed by atoms with E-state index in [0.29, 0.717) is 24.6 Å². The lowest BCUT2D eigenvalue weighted by molar-refractivity contribution is -0.123. The van der Waals surface area contributed by atoms with E-state index in [4.69, 9.17) is 0 Å². The number of para-hydroxylation sites is 1. The highest BCUT2D eigenvalue weighted by Crippen LogP contribution is 2.44. The number of nitrogens with one attached hydrogen (secondary N) is 3. The summed E-state index contributed by atoms with van der Waals surface area (Å²) in [5.41, 5.74) is 5.58. The molecule has 6 heteroatoms. The monoisotopic (exact) mass is 403 g/mol. The molecule has 0 radical (unpaired) electrons. The number of H-pyrrole nitrogens is 1. The zero-order chi connectivity index (χ0) is 20.7. The van der Waals surface area contributed by atoms with Crippen molar-refractivity contribution in [2.24, 2.45) is 0 Å². The Bertz CT molecular complexity index is 1170. The van der Waals surface area contributed by atoms with Gasteiger partial charge >= 0.3 is 0 Å². The van der Waals surface area contributed by atoms with Crippen molar-refractivity contribution >= 4 is 22.7 Å². The summed E-state index contributed by atoms with van der Waals surface area (Å²) in [6, 6.07) is 12.7. The van der Waals surface area contributed by atoms with Gasteiger partial charge in [0, 0.05) is 29.6 Å². The Balaban J connectivity index is 1.48. The number of fused-ring (bicyclic) bond motifs is 1. The number of rotatable bonds is 6. The summed E-state index contributed by atoms with van der Waals surface area (Å²) < 4.78 is 13.5. The zero-order valence-electron chi connectivity index (χ0n) is 16.4. The predicted octanol–water partition coefficient (Wildman–Crippen LogP) is 3.91. The van der Waals surface area contributed by atoms with E-state index in [1.165, 1.54) is 30.5 Å². The van der Waals surface area contributed by atoms with Crippen molar-refractivity contribution in [3.63, 3.8) is 0 Å². The second-order valence-corrected chi connectivity index (χ2v) is 7.91. The molecule has 2 heterocycles. The molecule has 2 aromatic carbocycles. The first-order chi connectivity index (χ1) is 14.6. The number of aryl methyl sites for hydroxylation is 1. The first-order valence-electron chi connectivity index (χ1n) is 10.3. The number of carbonyl (C=O) groups excluding carboxylic acids is 2. The van der Waals surface area contributed by atoms with Crippen molar-refractivity contribution in [1.29, 1.82) is 0 Å². The van der Waals surface area contributed by atoms with Crippen molar-refractivity contribution in [2.45, 2.75) is 31.6 Å². The van der Waals surface area contributed by atoms with Gasteiger partial charge in [-0.05, 0) is 72.2 Å². The summed E-state index contributed by atoms with van der Waals surface area (Å²) in [6.07, 6.45) is 4.83. The van der Waals surface area contributed by atoms with Gasteiger partial charge in [0.15, 0.2) is 0 Å². The second kappa shape index (κ2) is 7.44. The van der Waals surface area contributed by atoms with E-state index in [0.717, 1.165) is 27.7 Å². The number of amides is 2. The third-order valence-electron chi connectivity index (χ3n) is 5.81. The normalized spacial score (nSPS) is 15.9. The number of hydrogen-bond donors (Lipinski definition) is 3. The number of aromatic amines is 1. The molecule has 2 amide bonds. The van der Waals surface area contributed by atoms with Crippen molar-refractivity contribution in [3.8, 4) is 11.3 Å². The minimum atomic E-state index is -0.280. The molecular formula is C24H22FN3O2. The average Bonchev–Trinajstić information content (AvgIpc) is 3.41. The summed E-state index contributed by atoms with van der Waals surface area (Å²) in [7, 11) is 0. The zero-order valence-corrected chi connectivity index (χ0v) is 16.4. The standard InChI is InChI=1S/C24H22FN3O2/c25-16-8-6-15(7-9-16)22-19(10-11-21(29)27-20-12-13-26-24(20)30)18-3-1-2-17(14-4-5-14)23(18)28-22/h1-3,6-9,12,14,28H,4-5,10-11,13H2,(H,26,30)(H,27,29). The maximum atomic E-state index is 13.5. The van der Waals surface area contributed by atoms with E-state index in [1.54, 1.807) is 18.2 Å². The molecule has 0 unspecified atom stereocenters. The highest BCUT2D eigenvalue weighted by Gasteiger charge is 2.27. The fourth-order valence-electron chi connectivity index (χ4n) is 4.15. The minimum absolute atomic E-state index is 0.198. The molecule has 3 aromatic rings. The summed E-state index contributed by atoms with van der Waals surface area (Å²) >= 11 is 0. The maximum Gasteiger partial charge on any atom is 0.267 e. The highest BCUT2D eigenvalue weighted by atomic mass is 19.1. The Morgan fingerprint density at radius 3 is 2.63 bits per heavy atom. The molecule has 1 saturated carbocycles. The molecule has 0 bridgehead atoms. The van der Waals surface area contributed by atoms with Crippen LogP contribution in [0.15, 0.2) is 54.2 Å². The molecule has 30 heavy (non-hydrogen) atoms. The van der Waals surface area contributed by atoms with E-state index in [1.807, 2.05) is 0 Å². The summed E-state index contributed by atoms with van der Waals surface area (Å²) in [4.78, 5) is 27.7. The van der Waals surface area contributed by atoms with Crippen LogP contribution in [0.4, 0.5) is 4.39 Å². The molecule has 1 aliphatic carbocycles. The second-order valence-electron chi connectivity index (χ2n) is 7.91. The molecular weight excluding hydrogens is 381 g/mol. The van der Waals surface area contributed by atoms with Gasteiger partial charge in [-0.1, -0.05) is 18.2 Å². The molecule has 152 valence electrons. The molecule has 1 aromatic heterocycles. The van der Waals surface area contributed by atoms with E-state index in [2.05, 4.69) is 33.8 Å². The predicted molar refractivity (Wildman–Crippen MR) is 113 cm³/mol. The number of hydrogen-bond acceptors (Lipinski definition) is 2. The molecule has 5 nitrogen and oxygen atoms in total. The average molecular weight is 403 g/mol. The number of halogens is 1. The first kappa shape index (κ1) is 18.6. The van der Waals surface area contributed by atoms with Crippen LogP contribution in [0.25, 0.3) is 22.2 Å². The van der Waals surface area contributed by atoms with Crippen LogP contribution in [0.5, 0.6) is 0 Å². The number of benzene rings is 2. The van der Waals surface area contributed by atoms with E-state index < -0.39 is 0 Å². The molecule has 2 aliphatic rings. The Kier molecular flexibility index (Phi) is 4.62. The smallest absolute Gasteiger partial charge is 0.267 e. The van der Waals surface area contributed by atoms with Gasteiger partial charge in [0.25, 0.3) is 5.91 Å². The highest BCUT2D eigenvalue weighted by molar-refractivity contribution is 5.99. The van der Waals surface area contributed by atoms with Crippen molar-refractivity contribution in [3.05, 3.63) is 71.2 Å². The lowest BCUT2D eigenvalue weighted by Crippen LogP contribution is -2.29. The molecule has 1 fully saturated rings. The number of carbonyl (C=O) groups is 2. The maximum absolute atomic E-state index is 13.5. The largest absolute Gasteiger partial charge is 0.354 e. The quantitative estimate of drug-likeness (QED) is 0.584. The van der Waals surface area contributed by atoms with Crippen molar-refractivity contribution < 1.29 is 14.0 Å². The van der Waals surface area contributed by atoms with E-state index >= 15 is 0 Å². The first-order valence-corrected chi connectivity index (χ1v) is 10.3. The van der Waals surface area contributed by atoms with E-state index in [-0.39, 0.29) is 24.1 Å². The third-order valence-corrected chi connectivity index (χ3v) is 5.81. The summed E-state index contributed by atoms with van der Waals surface area (Å²) in [5, 5.41) is 6.44. The van der Waals surface area contributed by atoms with Crippen molar-refractivity contribution in [1.82, 2.24) is 15.6 Å². The van der Waals surface area contributed by atoms with Crippen LogP contribution in [0.1, 0.15) is 36.3 Å². The van der Waals surface area contributed by atoms with Gasteiger partial charge in [-0.3, -0.25) is 9.59 Å². The van der Waals surface area contributed by atoms with Gasteiger partial charge in [-0.15, -0.1) is 0 Å². The minimum Gasteiger partial charge on any atom is -0.354 e. The van der Waals surface area contributed by atoms with Gasteiger partial charge in [-0.25, -0.2) is 4.39 Å². The number of aromatic nitrogens is 1. The molecule has 0 atom stereocenters. The Morgan fingerprint density at radius 1 is 1.13 bits per heavy atom. The Morgan fingerprint density at radius 2 is 1.93 bits per heavy atom. The van der Waals surface area contributed by atoms with Crippen LogP contribution in [-0.4, -0.2) is 23.3 Å². The SMILES string of the molecule is O=C(CCc1c(-c2ccc(F)cc2)[nH]c2c(C3CC3)cccc12)NC1=CCNC1=O. The van der Waals surface area contributed by atoms with Gasteiger partial charge in [-0.2, -0.15) is 0 Å². The fourth-order valence-corrected chi connectivity index (χ4v) is 4.15. The van der Waals surface area contributed by atoms with Crippen LogP contribution in [-0.2, 0) is 16.0 Å². The summed E-state index contributed by atoms with van der Waals surface area (Å²) in [6.45, 7) is 0.440. The lowest BCUT2D eigenvalue weighted by Gasteiger charge is -2.07. The van der Waals surface area contributed by atoms with Gasteiger partial charge in [0.2, 0.25) is 5.91 Å². The van der Waals surface area contributed by atoms with Gasteiger partial charge in [0.05, 0.1) is 0 Å². The van der Waals surface area contributed by atoms with Crippen LogP contribution in [0, 0.1) is 5.82 Å². The van der Waals surface area contributed by atoms with Crippen LogP contribution in [0.2, 0.25) is 0 Å². The molecule has 0 spiro atoms. The Hall–Kier alpha value is -3.41. The molecule has 5 rings (SSSR count). The Labute approximate surface area is 173 Å². The lowest BCUT2D eigenvalue weighted by atomic mass is 9.99. The summed E-state index contributed by atoms with van der Waals surface area (Å²) in [5.74, 6) is -0.150. The third kappa shape index (κ3) is 3.49. The van der Waals surface area contributed by atoms with E-state index in [9.17, 15) is 14.0 Å². The van der Waals surface area contributed by atoms with Crippen LogP contribution >= 0.6 is 0 Å².